The molecule has 2 rings (SSSR count). The number of rotatable bonds is 3. The third kappa shape index (κ3) is 2.78. The molecule has 2 aromatic carbocycles. The molecule has 0 saturated carbocycles. The molecule has 18 heavy (non-hydrogen) atoms. The lowest BCUT2D eigenvalue weighted by atomic mass is 10.0. The molecule has 0 aliphatic heterocycles. The molecule has 0 spiro atoms. The fraction of sp³-hybridized carbons (Fsp3) is 0.143. The van der Waals surface area contributed by atoms with Crippen LogP contribution in [0.1, 0.15) is 17.2 Å². The molecule has 4 heteroatoms. The number of hydrogen-bond donors (Lipinski definition) is 1. The zero-order valence-electron chi connectivity index (χ0n) is 9.73. The fourth-order valence-electron chi connectivity index (χ4n) is 1.69. The molecule has 0 aromatic heterocycles. The van der Waals surface area contributed by atoms with E-state index in [1.807, 2.05) is 0 Å². The molecule has 1 atom stereocenters. The lowest BCUT2D eigenvalue weighted by molar-refractivity contribution is 0.220. The number of ether oxygens (including phenoxy) is 1. The molecule has 2 nitrogen and oxygen atoms in total. The zero-order valence-corrected chi connectivity index (χ0v) is 11.2. The van der Waals surface area contributed by atoms with Gasteiger partial charge in [-0.05, 0) is 29.8 Å². The number of aliphatic hydroxyl groups excluding tert-OH is 1. The molecule has 94 valence electrons. The van der Waals surface area contributed by atoms with Gasteiger partial charge in [-0.1, -0.05) is 41.4 Å². The van der Waals surface area contributed by atoms with Crippen molar-refractivity contribution in [1.29, 1.82) is 0 Å². The fourth-order valence-corrected chi connectivity index (χ4v) is 2.20. The minimum absolute atomic E-state index is 0.450. The van der Waals surface area contributed by atoms with Gasteiger partial charge >= 0.3 is 0 Å². The maximum Gasteiger partial charge on any atom is 0.118 e. The van der Waals surface area contributed by atoms with Crippen molar-refractivity contribution in [3.05, 3.63) is 63.6 Å². The van der Waals surface area contributed by atoms with Crippen LogP contribution >= 0.6 is 23.2 Å². The van der Waals surface area contributed by atoms with Gasteiger partial charge in [-0.25, -0.2) is 0 Å². The Hall–Kier alpha value is -1.22. The van der Waals surface area contributed by atoms with Crippen LogP contribution in [0.15, 0.2) is 42.5 Å². The molecule has 0 heterocycles. The van der Waals surface area contributed by atoms with Crippen molar-refractivity contribution in [1.82, 2.24) is 0 Å². The zero-order chi connectivity index (χ0) is 13.1. The van der Waals surface area contributed by atoms with Crippen molar-refractivity contribution in [3.63, 3.8) is 0 Å². The van der Waals surface area contributed by atoms with Gasteiger partial charge in [0.2, 0.25) is 0 Å². The molecule has 1 N–H and O–H groups in total. The lowest BCUT2D eigenvalue weighted by Gasteiger charge is -2.13. The van der Waals surface area contributed by atoms with Crippen molar-refractivity contribution in [2.24, 2.45) is 0 Å². The van der Waals surface area contributed by atoms with Crippen LogP contribution in [0.3, 0.4) is 0 Å². The lowest BCUT2D eigenvalue weighted by Crippen LogP contribution is -2.00. The van der Waals surface area contributed by atoms with Crippen molar-refractivity contribution < 1.29 is 9.84 Å². The minimum Gasteiger partial charge on any atom is -0.497 e. The normalized spacial score (nSPS) is 12.2. The second kappa shape index (κ2) is 5.61. The van der Waals surface area contributed by atoms with Crippen molar-refractivity contribution >= 4 is 23.2 Å². The quantitative estimate of drug-likeness (QED) is 0.919. The van der Waals surface area contributed by atoms with Gasteiger partial charge < -0.3 is 9.84 Å². The maximum atomic E-state index is 10.3. The van der Waals surface area contributed by atoms with E-state index < -0.39 is 6.10 Å². The number of aliphatic hydroxyl groups is 1. The molecule has 0 amide bonds. The molecule has 0 saturated heterocycles. The first-order valence-electron chi connectivity index (χ1n) is 5.39. The first kappa shape index (κ1) is 13.2. The average Bonchev–Trinajstić information content (AvgIpc) is 2.38. The smallest absolute Gasteiger partial charge is 0.118 e. The largest absolute Gasteiger partial charge is 0.497 e. The number of benzene rings is 2. The highest BCUT2D eigenvalue weighted by atomic mass is 35.5. The summed E-state index contributed by atoms with van der Waals surface area (Å²) in [6, 6.07) is 12.2. The Morgan fingerprint density at radius 2 is 1.72 bits per heavy atom. The summed E-state index contributed by atoms with van der Waals surface area (Å²) in [4.78, 5) is 0. The van der Waals surface area contributed by atoms with Crippen LogP contribution in [-0.2, 0) is 0 Å². The van der Waals surface area contributed by atoms with Gasteiger partial charge in [-0.15, -0.1) is 0 Å². The third-order valence-electron chi connectivity index (χ3n) is 2.69. The molecular formula is C14H12Cl2O2. The van der Waals surface area contributed by atoms with E-state index in [1.54, 1.807) is 49.6 Å². The molecule has 0 fully saturated rings. The first-order valence-corrected chi connectivity index (χ1v) is 6.14. The summed E-state index contributed by atoms with van der Waals surface area (Å²) in [7, 11) is 1.60. The summed E-state index contributed by atoms with van der Waals surface area (Å²) in [6.07, 6.45) is -0.777. The van der Waals surface area contributed by atoms with Crippen molar-refractivity contribution in [2.45, 2.75) is 6.10 Å². The summed E-state index contributed by atoms with van der Waals surface area (Å²) in [6.45, 7) is 0. The van der Waals surface area contributed by atoms with Crippen LogP contribution in [0.2, 0.25) is 10.0 Å². The van der Waals surface area contributed by atoms with Crippen molar-refractivity contribution in [3.8, 4) is 5.75 Å². The van der Waals surface area contributed by atoms with E-state index in [9.17, 15) is 5.11 Å². The van der Waals surface area contributed by atoms with Gasteiger partial charge in [-0.3, -0.25) is 0 Å². The van der Waals surface area contributed by atoms with E-state index in [1.165, 1.54) is 0 Å². The van der Waals surface area contributed by atoms with E-state index >= 15 is 0 Å². The topological polar surface area (TPSA) is 29.5 Å². The number of methoxy groups -OCH3 is 1. The molecular weight excluding hydrogens is 271 g/mol. The molecule has 0 bridgehead atoms. The highest BCUT2D eigenvalue weighted by Gasteiger charge is 2.14. The second-order valence-electron chi connectivity index (χ2n) is 3.84. The van der Waals surface area contributed by atoms with Crippen LogP contribution in [0, 0.1) is 0 Å². The summed E-state index contributed by atoms with van der Waals surface area (Å²) < 4.78 is 5.07. The molecule has 2 aromatic rings. The van der Waals surface area contributed by atoms with Gasteiger partial charge in [0.1, 0.15) is 11.9 Å². The molecule has 0 radical (unpaired) electrons. The summed E-state index contributed by atoms with van der Waals surface area (Å²) in [5.41, 5.74) is 1.38. The van der Waals surface area contributed by atoms with E-state index in [0.717, 1.165) is 11.3 Å². The summed E-state index contributed by atoms with van der Waals surface area (Å²) in [5.74, 6) is 0.744. The minimum atomic E-state index is -0.777. The third-order valence-corrected chi connectivity index (χ3v) is 3.25. The van der Waals surface area contributed by atoms with Gasteiger partial charge in [-0.2, -0.15) is 0 Å². The average molecular weight is 283 g/mol. The molecule has 0 aliphatic rings. The Kier molecular flexibility index (Phi) is 4.12. The predicted octanol–water partition coefficient (Wildman–Crippen LogP) is 4.08. The Labute approximate surface area is 116 Å². The van der Waals surface area contributed by atoms with E-state index in [4.69, 9.17) is 27.9 Å². The van der Waals surface area contributed by atoms with Gasteiger partial charge in [0, 0.05) is 15.6 Å². The highest BCUT2D eigenvalue weighted by Crippen LogP contribution is 2.30. The Balaban J connectivity index is 2.31. The monoisotopic (exact) mass is 282 g/mol. The van der Waals surface area contributed by atoms with Crippen molar-refractivity contribution in [2.75, 3.05) is 7.11 Å². The van der Waals surface area contributed by atoms with E-state index in [-0.39, 0.29) is 0 Å². The standard InChI is InChI=1S/C14H12Cl2O2/c1-18-11-5-2-9(3-6-11)14(17)12-7-4-10(15)8-13(12)16/h2-8,14,17H,1H3/t14-/m0/s1. The van der Waals surface area contributed by atoms with Crippen LogP contribution in [0.25, 0.3) is 0 Å². The van der Waals surface area contributed by atoms with Crippen LogP contribution in [0.5, 0.6) is 5.75 Å². The van der Waals surface area contributed by atoms with Crippen LogP contribution < -0.4 is 4.74 Å². The van der Waals surface area contributed by atoms with Crippen LogP contribution in [0.4, 0.5) is 0 Å². The maximum absolute atomic E-state index is 10.3. The Morgan fingerprint density at radius 1 is 1.06 bits per heavy atom. The Morgan fingerprint density at radius 3 is 2.28 bits per heavy atom. The second-order valence-corrected chi connectivity index (χ2v) is 4.69. The van der Waals surface area contributed by atoms with Gasteiger partial charge in [0.15, 0.2) is 0 Å². The van der Waals surface area contributed by atoms with E-state index in [0.29, 0.717) is 15.6 Å². The van der Waals surface area contributed by atoms with E-state index in [2.05, 4.69) is 0 Å². The summed E-state index contributed by atoms with van der Waals surface area (Å²) in [5, 5.41) is 11.3. The highest BCUT2D eigenvalue weighted by molar-refractivity contribution is 6.35. The van der Waals surface area contributed by atoms with Gasteiger partial charge in [0.25, 0.3) is 0 Å². The molecule has 0 unspecified atom stereocenters. The number of halogens is 2. The Bertz CT molecular complexity index is 538. The predicted molar refractivity (Wildman–Crippen MR) is 73.5 cm³/mol. The SMILES string of the molecule is COc1ccc([C@H](O)c2ccc(Cl)cc2Cl)cc1. The molecule has 0 aliphatic carbocycles. The van der Waals surface area contributed by atoms with Crippen LogP contribution in [-0.4, -0.2) is 12.2 Å². The van der Waals surface area contributed by atoms with Gasteiger partial charge in [0.05, 0.1) is 7.11 Å². The number of hydrogen-bond acceptors (Lipinski definition) is 2. The summed E-state index contributed by atoms with van der Waals surface area (Å²) >= 11 is 11.9. The first-order chi connectivity index (χ1) is 8.61.